The van der Waals surface area contributed by atoms with E-state index in [4.69, 9.17) is 9.47 Å². The molecular weight excluding hydrogens is 290 g/mol. The minimum absolute atomic E-state index is 0.261. The molecule has 0 aliphatic rings. The highest BCUT2D eigenvalue weighted by Crippen LogP contribution is 2.36. The summed E-state index contributed by atoms with van der Waals surface area (Å²) in [5, 5.41) is 2.56. The van der Waals surface area contributed by atoms with E-state index in [0.717, 1.165) is 0 Å². The van der Waals surface area contributed by atoms with Gasteiger partial charge in [-0.15, -0.1) is 0 Å². The standard InChI is InChI=1S/C11H12BrNO4/c1-6(14)13-9-5-10(16-3)8(12)4-11(9)17-7(2)15/h4-5H,1-3H3,(H,13,14). The molecule has 92 valence electrons. The molecule has 0 saturated carbocycles. The largest absolute Gasteiger partial charge is 0.495 e. The first-order valence-electron chi connectivity index (χ1n) is 4.77. The van der Waals surface area contributed by atoms with Crippen LogP contribution in [0.15, 0.2) is 16.6 Å². The summed E-state index contributed by atoms with van der Waals surface area (Å²) in [5.74, 6) is 0.0708. The van der Waals surface area contributed by atoms with Crippen LogP contribution in [0, 0.1) is 0 Å². The zero-order chi connectivity index (χ0) is 13.0. The van der Waals surface area contributed by atoms with Gasteiger partial charge in [0.15, 0.2) is 5.75 Å². The number of carbonyl (C=O) groups is 2. The summed E-state index contributed by atoms with van der Waals surface area (Å²) < 4.78 is 10.7. The quantitative estimate of drug-likeness (QED) is 0.687. The van der Waals surface area contributed by atoms with Gasteiger partial charge >= 0.3 is 5.97 Å². The average molecular weight is 302 g/mol. The van der Waals surface area contributed by atoms with E-state index in [-0.39, 0.29) is 11.7 Å². The second kappa shape index (κ2) is 5.67. The molecule has 0 radical (unpaired) electrons. The average Bonchev–Trinajstić information content (AvgIpc) is 2.20. The first-order valence-corrected chi connectivity index (χ1v) is 5.57. The number of carbonyl (C=O) groups excluding carboxylic acids is 2. The topological polar surface area (TPSA) is 64.6 Å². The molecule has 17 heavy (non-hydrogen) atoms. The maximum Gasteiger partial charge on any atom is 0.308 e. The third kappa shape index (κ3) is 3.74. The SMILES string of the molecule is COc1cc(NC(C)=O)c(OC(C)=O)cc1Br. The van der Waals surface area contributed by atoms with E-state index in [1.165, 1.54) is 21.0 Å². The van der Waals surface area contributed by atoms with Gasteiger partial charge in [0.05, 0.1) is 17.3 Å². The van der Waals surface area contributed by atoms with Gasteiger partial charge in [-0.2, -0.15) is 0 Å². The van der Waals surface area contributed by atoms with Crippen molar-refractivity contribution in [1.82, 2.24) is 0 Å². The molecule has 0 unspecified atom stereocenters. The fraction of sp³-hybridized carbons (Fsp3) is 0.273. The Bertz CT molecular complexity index is 459. The number of ether oxygens (including phenoxy) is 2. The van der Waals surface area contributed by atoms with Crippen molar-refractivity contribution in [2.45, 2.75) is 13.8 Å². The molecule has 1 rings (SSSR count). The summed E-state index contributed by atoms with van der Waals surface area (Å²) in [6.45, 7) is 2.65. The first kappa shape index (κ1) is 13.5. The first-order chi connectivity index (χ1) is 7.93. The van der Waals surface area contributed by atoms with Gasteiger partial charge in [-0.25, -0.2) is 0 Å². The van der Waals surface area contributed by atoms with Crippen molar-refractivity contribution in [2.75, 3.05) is 12.4 Å². The monoisotopic (exact) mass is 301 g/mol. The lowest BCUT2D eigenvalue weighted by Crippen LogP contribution is -2.10. The highest BCUT2D eigenvalue weighted by molar-refractivity contribution is 9.10. The Kier molecular flexibility index (Phi) is 4.51. The molecule has 0 fully saturated rings. The van der Waals surface area contributed by atoms with Crippen LogP contribution in [-0.2, 0) is 9.59 Å². The van der Waals surface area contributed by atoms with Crippen molar-refractivity contribution in [1.29, 1.82) is 0 Å². The van der Waals surface area contributed by atoms with Crippen LogP contribution in [0.1, 0.15) is 13.8 Å². The smallest absolute Gasteiger partial charge is 0.308 e. The second-order valence-corrected chi connectivity index (χ2v) is 4.11. The molecule has 1 aromatic rings. The molecule has 0 aliphatic carbocycles. The molecular formula is C11H12BrNO4. The van der Waals surface area contributed by atoms with Gasteiger partial charge in [-0.1, -0.05) is 0 Å². The Hall–Kier alpha value is -1.56. The third-order valence-electron chi connectivity index (χ3n) is 1.82. The van der Waals surface area contributed by atoms with Crippen LogP contribution in [0.3, 0.4) is 0 Å². The summed E-state index contributed by atoms with van der Waals surface area (Å²) >= 11 is 3.27. The van der Waals surface area contributed by atoms with E-state index in [0.29, 0.717) is 15.9 Å². The number of hydrogen-bond acceptors (Lipinski definition) is 4. The number of amides is 1. The van der Waals surface area contributed by atoms with E-state index in [1.54, 1.807) is 12.1 Å². The number of benzene rings is 1. The van der Waals surface area contributed by atoms with E-state index in [1.807, 2.05) is 0 Å². The van der Waals surface area contributed by atoms with Gasteiger partial charge in [0.25, 0.3) is 0 Å². The minimum Gasteiger partial charge on any atom is -0.495 e. The van der Waals surface area contributed by atoms with Crippen LogP contribution in [0.2, 0.25) is 0 Å². The number of rotatable bonds is 3. The van der Waals surface area contributed by atoms with Gasteiger partial charge in [0.2, 0.25) is 5.91 Å². The highest BCUT2D eigenvalue weighted by Gasteiger charge is 2.12. The van der Waals surface area contributed by atoms with Crippen LogP contribution in [0.4, 0.5) is 5.69 Å². The number of halogens is 1. The summed E-state index contributed by atoms with van der Waals surface area (Å²) in [6, 6.07) is 3.13. The van der Waals surface area contributed by atoms with Crippen LogP contribution in [-0.4, -0.2) is 19.0 Å². The number of anilines is 1. The molecule has 5 nitrogen and oxygen atoms in total. The van der Waals surface area contributed by atoms with Crippen LogP contribution < -0.4 is 14.8 Å². The molecule has 0 heterocycles. The van der Waals surface area contributed by atoms with Crippen molar-refractivity contribution < 1.29 is 19.1 Å². The van der Waals surface area contributed by atoms with E-state index >= 15 is 0 Å². The fourth-order valence-electron chi connectivity index (χ4n) is 1.22. The Morgan fingerprint density at radius 1 is 1.24 bits per heavy atom. The molecule has 6 heteroatoms. The molecule has 0 saturated heterocycles. The molecule has 1 amide bonds. The van der Waals surface area contributed by atoms with Gasteiger partial charge in [0.1, 0.15) is 5.75 Å². The number of hydrogen-bond donors (Lipinski definition) is 1. The van der Waals surface area contributed by atoms with Crippen LogP contribution >= 0.6 is 15.9 Å². The minimum atomic E-state index is -0.464. The molecule has 0 aliphatic heterocycles. The predicted molar refractivity (Wildman–Crippen MR) is 66.3 cm³/mol. The molecule has 0 aromatic heterocycles. The molecule has 1 aromatic carbocycles. The van der Waals surface area contributed by atoms with Crippen molar-refractivity contribution in [3.05, 3.63) is 16.6 Å². The van der Waals surface area contributed by atoms with Crippen molar-refractivity contribution in [2.24, 2.45) is 0 Å². The van der Waals surface area contributed by atoms with Crippen molar-refractivity contribution in [3.63, 3.8) is 0 Å². The Balaban J connectivity index is 3.20. The predicted octanol–water partition coefficient (Wildman–Crippen LogP) is 2.34. The maximum atomic E-state index is 11.0. The summed E-state index contributed by atoms with van der Waals surface area (Å²) in [5.41, 5.74) is 0.382. The number of nitrogens with one attached hydrogen (secondary N) is 1. The van der Waals surface area contributed by atoms with Crippen LogP contribution in [0.5, 0.6) is 11.5 Å². The molecule has 1 N–H and O–H groups in total. The van der Waals surface area contributed by atoms with Gasteiger partial charge < -0.3 is 14.8 Å². The highest BCUT2D eigenvalue weighted by atomic mass is 79.9. The molecule has 0 atom stereocenters. The fourth-order valence-corrected chi connectivity index (χ4v) is 1.70. The zero-order valence-corrected chi connectivity index (χ0v) is 11.3. The van der Waals surface area contributed by atoms with Gasteiger partial charge in [0, 0.05) is 26.0 Å². The maximum absolute atomic E-state index is 11.0. The van der Waals surface area contributed by atoms with E-state index in [9.17, 15) is 9.59 Å². The summed E-state index contributed by atoms with van der Waals surface area (Å²) in [7, 11) is 1.50. The number of methoxy groups -OCH3 is 1. The van der Waals surface area contributed by atoms with Gasteiger partial charge in [-0.3, -0.25) is 9.59 Å². The lowest BCUT2D eigenvalue weighted by Gasteiger charge is -2.12. The zero-order valence-electron chi connectivity index (χ0n) is 9.67. The van der Waals surface area contributed by atoms with Crippen molar-refractivity contribution in [3.8, 4) is 11.5 Å². The summed E-state index contributed by atoms with van der Waals surface area (Å²) in [4.78, 5) is 22.0. The van der Waals surface area contributed by atoms with Gasteiger partial charge in [-0.05, 0) is 15.9 Å². The second-order valence-electron chi connectivity index (χ2n) is 3.26. The third-order valence-corrected chi connectivity index (χ3v) is 2.44. The Labute approximate surface area is 107 Å². The van der Waals surface area contributed by atoms with Crippen molar-refractivity contribution >= 4 is 33.5 Å². The van der Waals surface area contributed by atoms with Crippen LogP contribution in [0.25, 0.3) is 0 Å². The Morgan fingerprint density at radius 2 is 1.88 bits per heavy atom. The van der Waals surface area contributed by atoms with E-state index in [2.05, 4.69) is 21.2 Å². The lowest BCUT2D eigenvalue weighted by molar-refractivity contribution is -0.131. The molecule has 0 bridgehead atoms. The van der Waals surface area contributed by atoms with E-state index < -0.39 is 5.97 Å². The normalized spacial score (nSPS) is 9.65. The lowest BCUT2D eigenvalue weighted by atomic mass is 10.2. The Morgan fingerprint density at radius 3 is 2.35 bits per heavy atom. The molecule has 0 spiro atoms. The number of esters is 1. The summed E-state index contributed by atoms with van der Waals surface area (Å²) in [6.07, 6.45) is 0.